The average Bonchev–Trinajstić information content (AvgIpc) is 2.27. The van der Waals surface area contributed by atoms with E-state index in [9.17, 15) is 4.79 Å². The quantitative estimate of drug-likeness (QED) is 0.841. The van der Waals surface area contributed by atoms with Gasteiger partial charge in [0.25, 0.3) is 0 Å². The van der Waals surface area contributed by atoms with Gasteiger partial charge in [-0.2, -0.15) is 0 Å². The minimum atomic E-state index is -0.400. The van der Waals surface area contributed by atoms with Gasteiger partial charge in [0, 0.05) is 21.1 Å². The molecule has 0 aliphatic heterocycles. The molecule has 1 aromatic heterocycles. The van der Waals surface area contributed by atoms with Crippen LogP contribution >= 0.6 is 11.6 Å². The third-order valence-corrected chi connectivity index (χ3v) is 2.33. The smallest absolute Gasteiger partial charge is 0.345 e. The number of carbonyl (C=O) groups is 1. The van der Waals surface area contributed by atoms with Gasteiger partial charge in [-0.3, -0.25) is 4.84 Å². The first-order chi connectivity index (χ1) is 7.95. The molecule has 1 rings (SSSR count). The summed E-state index contributed by atoms with van der Waals surface area (Å²) in [6.07, 6.45) is 1.53. The van der Waals surface area contributed by atoms with E-state index in [1.165, 1.54) is 20.4 Å². The lowest BCUT2D eigenvalue weighted by molar-refractivity contribution is -0.0598. The first kappa shape index (κ1) is 13.5. The second kappa shape index (κ2) is 5.70. The first-order valence-corrected chi connectivity index (χ1v) is 5.25. The van der Waals surface area contributed by atoms with E-state index in [0.717, 1.165) is 5.06 Å². The zero-order valence-corrected chi connectivity index (χ0v) is 10.9. The maximum Gasteiger partial charge on any atom is 0.345 e. The van der Waals surface area contributed by atoms with Crippen molar-refractivity contribution in [2.45, 2.75) is 0 Å². The van der Waals surface area contributed by atoms with Gasteiger partial charge in [-0.15, -0.1) is 0 Å². The topological polar surface area (TPSA) is 57.7 Å². The van der Waals surface area contributed by atoms with Crippen molar-refractivity contribution in [1.29, 1.82) is 0 Å². The summed E-state index contributed by atoms with van der Waals surface area (Å²) in [5, 5.41) is 4.12. The summed E-state index contributed by atoms with van der Waals surface area (Å²) in [4.78, 5) is 22.1. The third kappa shape index (κ3) is 3.47. The van der Waals surface area contributed by atoms with Crippen molar-refractivity contribution in [3.05, 3.63) is 17.3 Å². The largest absolute Gasteiger partial charge is 0.362 e. The van der Waals surface area contributed by atoms with Crippen LogP contribution in [0.1, 0.15) is 0 Å². The highest BCUT2D eigenvalue weighted by atomic mass is 35.5. The number of halogens is 1. The van der Waals surface area contributed by atoms with Crippen molar-refractivity contribution in [3.8, 4) is 0 Å². The Morgan fingerprint density at radius 2 is 2.12 bits per heavy atom. The SMILES string of the molecule is CON(C)C(=O)Nc1cnc(N(C)C)c(Cl)c1. The molecule has 6 nitrogen and oxygen atoms in total. The van der Waals surface area contributed by atoms with Crippen LogP contribution in [0.2, 0.25) is 5.02 Å². The van der Waals surface area contributed by atoms with Crippen molar-refractivity contribution >= 4 is 29.1 Å². The monoisotopic (exact) mass is 258 g/mol. The molecule has 0 radical (unpaired) electrons. The summed E-state index contributed by atoms with van der Waals surface area (Å²) in [7, 11) is 6.58. The zero-order valence-electron chi connectivity index (χ0n) is 10.2. The zero-order chi connectivity index (χ0) is 13.0. The molecule has 1 N–H and O–H groups in total. The normalized spacial score (nSPS) is 9.94. The van der Waals surface area contributed by atoms with Crippen LogP contribution in [-0.2, 0) is 4.84 Å². The fraction of sp³-hybridized carbons (Fsp3) is 0.400. The molecular formula is C10H15ClN4O2. The Labute approximate surface area is 105 Å². The molecule has 0 fully saturated rings. The van der Waals surface area contributed by atoms with E-state index in [4.69, 9.17) is 16.4 Å². The molecule has 2 amide bonds. The molecule has 0 spiro atoms. The minimum absolute atomic E-state index is 0.400. The van der Waals surface area contributed by atoms with Crippen LogP contribution in [0, 0.1) is 0 Å². The van der Waals surface area contributed by atoms with Crippen LogP contribution in [0.5, 0.6) is 0 Å². The molecule has 1 heterocycles. The number of hydrogen-bond donors (Lipinski definition) is 1. The first-order valence-electron chi connectivity index (χ1n) is 4.87. The van der Waals surface area contributed by atoms with Gasteiger partial charge >= 0.3 is 6.03 Å². The standard InChI is InChI=1S/C10H15ClN4O2/c1-14(2)9-8(11)5-7(6-12-9)13-10(16)15(3)17-4/h5-6H,1-4H3,(H,13,16). The molecule has 0 saturated heterocycles. The Hall–Kier alpha value is -1.53. The number of pyridine rings is 1. The van der Waals surface area contributed by atoms with Gasteiger partial charge in [0.2, 0.25) is 0 Å². The van der Waals surface area contributed by atoms with E-state index in [1.807, 2.05) is 14.1 Å². The van der Waals surface area contributed by atoms with Crippen molar-refractivity contribution < 1.29 is 9.63 Å². The van der Waals surface area contributed by atoms with E-state index in [1.54, 1.807) is 11.0 Å². The summed E-state index contributed by atoms with van der Waals surface area (Å²) in [6, 6.07) is 1.23. The van der Waals surface area contributed by atoms with Crippen molar-refractivity contribution in [2.24, 2.45) is 0 Å². The number of urea groups is 1. The van der Waals surface area contributed by atoms with Crippen molar-refractivity contribution in [1.82, 2.24) is 10.0 Å². The lowest BCUT2D eigenvalue weighted by atomic mass is 10.4. The van der Waals surface area contributed by atoms with E-state index in [0.29, 0.717) is 16.5 Å². The Bertz CT molecular complexity index is 411. The average molecular weight is 259 g/mol. The van der Waals surface area contributed by atoms with Crippen LogP contribution in [0.3, 0.4) is 0 Å². The number of anilines is 2. The van der Waals surface area contributed by atoms with Gasteiger partial charge < -0.3 is 10.2 Å². The van der Waals surface area contributed by atoms with Crippen LogP contribution in [0.4, 0.5) is 16.3 Å². The second-order valence-electron chi connectivity index (χ2n) is 3.53. The number of hydroxylamine groups is 2. The summed E-state index contributed by atoms with van der Waals surface area (Å²) >= 11 is 6.02. The fourth-order valence-corrected chi connectivity index (χ4v) is 1.45. The van der Waals surface area contributed by atoms with E-state index >= 15 is 0 Å². The number of nitrogens with zero attached hydrogens (tertiary/aromatic N) is 3. The van der Waals surface area contributed by atoms with E-state index < -0.39 is 6.03 Å². The molecule has 0 aliphatic rings. The molecule has 0 saturated carbocycles. The molecule has 7 heteroatoms. The molecule has 0 atom stereocenters. The Kier molecular flexibility index (Phi) is 4.53. The van der Waals surface area contributed by atoms with Crippen molar-refractivity contribution in [3.63, 3.8) is 0 Å². The predicted octanol–water partition coefficient (Wildman–Crippen LogP) is 1.83. The van der Waals surface area contributed by atoms with Gasteiger partial charge in [0.1, 0.15) is 5.82 Å². The molecule has 0 unspecified atom stereocenters. The highest BCUT2D eigenvalue weighted by molar-refractivity contribution is 6.33. The number of carbonyl (C=O) groups excluding carboxylic acids is 1. The molecule has 0 bridgehead atoms. The van der Waals surface area contributed by atoms with Crippen LogP contribution in [-0.4, -0.2) is 44.3 Å². The molecule has 94 valence electrons. The molecule has 1 aromatic rings. The minimum Gasteiger partial charge on any atom is -0.362 e. The van der Waals surface area contributed by atoms with Gasteiger partial charge in [-0.25, -0.2) is 14.8 Å². The van der Waals surface area contributed by atoms with Gasteiger partial charge in [-0.05, 0) is 6.07 Å². The Morgan fingerprint density at radius 1 is 1.47 bits per heavy atom. The fourth-order valence-electron chi connectivity index (χ4n) is 1.11. The summed E-state index contributed by atoms with van der Waals surface area (Å²) < 4.78 is 0. The number of amides is 2. The highest BCUT2D eigenvalue weighted by Crippen LogP contribution is 2.24. The van der Waals surface area contributed by atoms with Gasteiger partial charge in [0.15, 0.2) is 0 Å². The summed E-state index contributed by atoms with van der Waals surface area (Å²) in [5.41, 5.74) is 0.509. The van der Waals surface area contributed by atoms with Crippen LogP contribution < -0.4 is 10.2 Å². The van der Waals surface area contributed by atoms with E-state index in [2.05, 4.69) is 10.3 Å². The number of aromatic nitrogens is 1. The molecule has 0 aromatic carbocycles. The van der Waals surface area contributed by atoms with Gasteiger partial charge in [0.05, 0.1) is 24.0 Å². The van der Waals surface area contributed by atoms with Crippen molar-refractivity contribution in [2.75, 3.05) is 38.5 Å². The number of nitrogens with one attached hydrogen (secondary N) is 1. The van der Waals surface area contributed by atoms with Crippen LogP contribution in [0.25, 0.3) is 0 Å². The second-order valence-corrected chi connectivity index (χ2v) is 3.94. The Balaban J connectivity index is 2.81. The molecular weight excluding hydrogens is 244 g/mol. The molecule has 17 heavy (non-hydrogen) atoms. The van der Waals surface area contributed by atoms with Crippen LogP contribution in [0.15, 0.2) is 12.3 Å². The predicted molar refractivity (Wildman–Crippen MR) is 67.4 cm³/mol. The lowest BCUT2D eigenvalue weighted by Crippen LogP contribution is -2.30. The Morgan fingerprint density at radius 3 is 2.59 bits per heavy atom. The highest BCUT2D eigenvalue weighted by Gasteiger charge is 2.10. The molecule has 0 aliphatic carbocycles. The lowest BCUT2D eigenvalue weighted by Gasteiger charge is -2.16. The summed E-state index contributed by atoms with van der Waals surface area (Å²) in [6.45, 7) is 0. The number of hydrogen-bond acceptors (Lipinski definition) is 4. The van der Waals surface area contributed by atoms with E-state index in [-0.39, 0.29) is 0 Å². The maximum atomic E-state index is 11.5. The third-order valence-electron chi connectivity index (χ3n) is 2.06. The summed E-state index contributed by atoms with van der Waals surface area (Å²) in [5.74, 6) is 0.643. The van der Waals surface area contributed by atoms with Gasteiger partial charge in [-0.1, -0.05) is 11.6 Å². The maximum absolute atomic E-state index is 11.5. The number of rotatable bonds is 3.